The summed E-state index contributed by atoms with van der Waals surface area (Å²) in [5, 5.41) is 8.04. The van der Waals surface area contributed by atoms with Gasteiger partial charge in [-0.1, -0.05) is 23.2 Å². The van der Waals surface area contributed by atoms with Crippen LogP contribution < -0.4 is 10.1 Å². The van der Waals surface area contributed by atoms with Crippen molar-refractivity contribution >= 4 is 29.1 Å². The fraction of sp³-hybridized carbons (Fsp3) is 0.263. The van der Waals surface area contributed by atoms with Crippen LogP contribution in [0.15, 0.2) is 40.9 Å². The summed E-state index contributed by atoms with van der Waals surface area (Å²) in [6.45, 7) is 4.00. The van der Waals surface area contributed by atoms with Gasteiger partial charge in [0.1, 0.15) is 18.1 Å². The minimum Gasteiger partial charge on any atom is -0.484 e. The molecular formula is C19H19Cl2N3O3. The van der Waals surface area contributed by atoms with E-state index in [9.17, 15) is 4.79 Å². The van der Waals surface area contributed by atoms with Crippen LogP contribution >= 0.6 is 23.2 Å². The predicted molar refractivity (Wildman–Crippen MR) is 103 cm³/mol. The molecule has 0 saturated carbocycles. The molecule has 0 saturated heterocycles. The highest BCUT2D eigenvalue weighted by Gasteiger charge is 2.18. The average molecular weight is 408 g/mol. The first-order chi connectivity index (χ1) is 12.8. The largest absolute Gasteiger partial charge is 0.484 e. The van der Waals surface area contributed by atoms with E-state index >= 15 is 0 Å². The lowest BCUT2D eigenvalue weighted by Crippen LogP contribution is -2.26. The zero-order valence-electron chi connectivity index (χ0n) is 15.1. The van der Waals surface area contributed by atoms with Crippen LogP contribution in [0, 0.1) is 6.92 Å². The molecule has 3 aromatic rings. The minimum atomic E-state index is -0.304. The molecule has 2 aromatic heterocycles. The summed E-state index contributed by atoms with van der Waals surface area (Å²) in [6, 6.07) is 8.08. The Balaban J connectivity index is 1.61. The molecule has 0 aliphatic heterocycles. The van der Waals surface area contributed by atoms with E-state index in [0.29, 0.717) is 21.6 Å². The molecule has 142 valence electrons. The summed E-state index contributed by atoms with van der Waals surface area (Å²) in [5.41, 5.74) is 1.95. The van der Waals surface area contributed by atoms with Crippen molar-refractivity contribution in [3.8, 4) is 5.75 Å². The number of nitrogens with zero attached hydrogens (tertiary/aromatic N) is 2. The van der Waals surface area contributed by atoms with E-state index in [4.69, 9.17) is 32.4 Å². The highest BCUT2D eigenvalue weighted by molar-refractivity contribution is 6.35. The molecule has 1 atom stereocenters. The van der Waals surface area contributed by atoms with Gasteiger partial charge in [-0.2, -0.15) is 5.10 Å². The molecule has 0 radical (unpaired) electrons. The lowest BCUT2D eigenvalue weighted by molar-refractivity contribution is 0.0907. The smallest absolute Gasteiger partial charge is 0.287 e. The van der Waals surface area contributed by atoms with Crippen molar-refractivity contribution in [3.05, 3.63) is 69.4 Å². The number of aromatic nitrogens is 2. The van der Waals surface area contributed by atoms with Crippen molar-refractivity contribution in [2.45, 2.75) is 26.5 Å². The van der Waals surface area contributed by atoms with Crippen LogP contribution in [0.3, 0.4) is 0 Å². The maximum atomic E-state index is 12.4. The molecule has 27 heavy (non-hydrogen) atoms. The summed E-state index contributed by atoms with van der Waals surface area (Å²) >= 11 is 11.9. The molecule has 0 bridgehead atoms. The summed E-state index contributed by atoms with van der Waals surface area (Å²) < 4.78 is 13.0. The summed E-state index contributed by atoms with van der Waals surface area (Å²) in [5.74, 6) is 0.909. The Labute approximate surface area is 167 Å². The van der Waals surface area contributed by atoms with Crippen LogP contribution in [0.25, 0.3) is 0 Å². The lowest BCUT2D eigenvalue weighted by Gasteiger charge is -2.12. The minimum absolute atomic E-state index is 0.145. The Morgan fingerprint density at radius 2 is 2.11 bits per heavy atom. The fourth-order valence-electron chi connectivity index (χ4n) is 2.60. The Morgan fingerprint density at radius 1 is 1.33 bits per heavy atom. The van der Waals surface area contributed by atoms with Gasteiger partial charge in [0, 0.05) is 23.3 Å². The monoisotopic (exact) mass is 407 g/mol. The van der Waals surface area contributed by atoms with Crippen molar-refractivity contribution in [1.29, 1.82) is 0 Å². The third-order valence-corrected chi connectivity index (χ3v) is 4.77. The molecule has 0 aliphatic carbocycles. The van der Waals surface area contributed by atoms with Crippen LogP contribution in [0.4, 0.5) is 0 Å². The Bertz CT molecular complexity index is 965. The standard InChI is InChI=1S/C19H19Cl2N3O3/c1-11(15-9-22-24(3)12(15)2)23-19(25)18-7-5-14(27-18)10-26-17-6-4-13(20)8-16(17)21/h4-9,11H,10H2,1-3H3,(H,23,25). The Morgan fingerprint density at radius 3 is 2.78 bits per heavy atom. The molecule has 0 aliphatic rings. The Kier molecular flexibility index (Phi) is 5.77. The number of aryl methyl sites for hydroxylation is 1. The number of amides is 1. The maximum Gasteiger partial charge on any atom is 0.287 e. The quantitative estimate of drug-likeness (QED) is 0.642. The number of halogens is 2. The molecular weight excluding hydrogens is 389 g/mol. The predicted octanol–water partition coefficient (Wildman–Crippen LogP) is 4.70. The van der Waals surface area contributed by atoms with Gasteiger partial charge in [0.25, 0.3) is 5.91 Å². The first-order valence-electron chi connectivity index (χ1n) is 8.31. The van der Waals surface area contributed by atoms with E-state index in [1.165, 1.54) is 0 Å². The number of nitrogens with one attached hydrogen (secondary N) is 1. The maximum absolute atomic E-state index is 12.4. The van der Waals surface area contributed by atoms with Gasteiger partial charge < -0.3 is 14.5 Å². The van der Waals surface area contributed by atoms with E-state index < -0.39 is 0 Å². The number of carbonyl (C=O) groups is 1. The fourth-order valence-corrected chi connectivity index (χ4v) is 3.07. The second kappa shape index (κ2) is 8.06. The number of carbonyl (C=O) groups excluding carboxylic acids is 1. The first-order valence-corrected chi connectivity index (χ1v) is 9.06. The van der Waals surface area contributed by atoms with Crippen LogP contribution in [-0.4, -0.2) is 15.7 Å². The van der Waals surface area contributed by atoms with Gasteiger partial charge in [-0.05, 0) is 44.2 Å². The number of ether oxygens (including phenoxy) is 1. The number of hydrogen-bond acceptors (Lipinski definition) is 4. The molecule has 2 heterocycles. The molecule has 1 N–H and O–H groups in total. The van der Waals surface area contributed by atoms with Crippen molar-refractivity contribution in [2.75, 3.05) is 0 Å². The molecule has 1 amide bonds. The van der Waals surface area contributed by atoms with E-state index in [0.717, 1.165) is 11.3 Å². The molecule has 1 unspecified atom stereocenters. The zero-order chi connectivity index (χ0) is 19.6. The SMILES string of the molecule is Cc1c(C(C)NC(=O)c2ccc(COc3ccc(Cl)cc3Cl)o2)cnn1C. The van der Waals surface area contributed by atoms with Crippen molar-refractivity contribution < 1.29 is 13.9 Å². The molecule has 1 aromatic carbocycles. The topological polar surface area (TPSA) is 69.3 Å². The van der Waals surface area contributed by atoms with Crippen molar-refractivity contribution in [2.24, 2.45) is 7.05 Å². The molecule has 0 spiro atoms. The van der Waals surface area contributed by atoms with Gasteiger partial charge in [0.05, 0.1) is 17.3 Å². The van der Waals surface area contributed by atoms with E-state index in [2.05, 4.69) is 10.4 Å². The highest BCUT2D eigenvalue weighted by Crippen LogP contribution is 2.28. The summed E-state index contributed by atoms with van der Waals surface area (Å²) in [4.78, 5) is 12.4. The third kappa shape index (κ3) is 4.46. The normalized spacial score (nSPS) is 12.0. The van der Waals surface area contributed by atoms with Crippen LogP contribution in [-0.2, 0) is 13.7 Å². The van der Waals surface area contributed by atoms with Crippen LogP contribution in [0.5, 0.6) is 5.75 Å². The van der Waals surface area contributed by atoms with Gasteiger partial charge >= 0.3 is 0 Å². The molecule has 8 heteroatoms. The highest BCUT2D eigenvalue weighted by atomic mass is 35.5. The van der Waals surface area contributed by atoms with Gasteiger partial charge in [0.2, 0.25) is 0 Å². The van der Waals surface area contributed by atoms with E-state index in [-0.39, 0.29) is 24.3 Å². The van der Waals surface area contributed by atoms with Crippen molar-refractivity contribution in [3.63, 3.8) is 0 Å². The second-order valence-corrected chi connectivity index (χ2v) is 6.98. The van der Waals surface area contributed by atoms with Gasteiger partial charge in [-0.15, -0.1) is 0 Å². The van der Waals surface area contributed by atoms with Crippen LogP contribution in [0.2, 0.25) is 10.0 Å². The van der Waals surface area contributed by atoms with E-state index in [1.54, 1.807) is 41.2 Å². The third-order valence-electron chi connectivity index (χ3n) is 4.24. The zero-order valence-corrected chi connectivity index (χ0v) is 16.6. The number of benzene rings is 1. The van der Waals surface area contributed by atoms with Gasteiger partial charge in [-0.25, -0.2) is 0 Å². The first kappa shape index (κ1) is 19.3. The van der Waals surface area contributed by atoms with E-state index in [1.807, 2.05) is 20.9 Å². The number of rotatable bonds is 6. The van der Waals surface area contributed by atoms with Crippen LogP contribution in [0.1, 0.15) is 40.5 Å². The average Bonchev–Trinajstić information content (AvgIpc) is 3.22. The molecule has 0 fully saturated rings. The van der Waals surface area contributed by atoms with Gasteiger partial charge in [-0.3, -0.25) is 9.48 Å². The molecule has 6 nitrogen and oxygen atoms in total. The Hall–Kier alpha value is -2.44. The summed E-state index contributed by atoms with van der Waals surface area (Å²) in [6.07, 6.45) is 1.75. The second-order valence-electron chi connectivity index (χ2n) is 6.13. The number of furan rings is 1. The summed E-state index contributed by atoms with van der Waals surface area (Å²) in [7, 11) is 1.86. The lowest BCUT2D eigenvalue weighted by atomic mass is 10.1. The number of hydrogen-bond donors (Lipinski definition) is 1. The van der Waals surface area contributed by atoms with Crippen molar-refractivity contribution in [1.82, 2.24) is 15.1 Å². The van der Waals surface area contributed by atoms with Gasteiger partial charge in [0.15, 0.2) is 5.76 Å². The molecule has 3 rings (SSSR count).